The third kappa shape index (κ3) is 5.71. The first-order valence-corrected chi connectivity index (χ1v) is 18.0. The molecule has 0 amide bonds. The molecule has 0 aromatic carbocycles. The Bertz CT molecular complexity index is 2510. The molecule has 4 atom stereocenters. The summed E-state index contributed by atoms with van der Waals surface area (Å²) in [4.78, 5) is 27.8. The summed E-state index contributed by atoms with van der Waals surface area (Å²) < 4.78 is 7.94. The number of halogens is 1. The maximum absolute atomic E-state index is 6.22. The summed E-state index contributed by atoms with van der Waals surface area (Å²) in [6.45, 7) is 16.2. The first-order valence-electron chi connectivity index (χ1n) is 17.6. The third-order valence-corrected chi connectivity index (χ3v) is 10.2. The van der Waals surface area contributed by atoms with Gasteiger partial charge in [0.25, 0.3) is 0 Å². The van der Waals surface area contributed by atoms with Crippen molar-refractivity contribution in [2.45, 2.75) is 91.9 Å². The van der Waals surface area contributed by atoms with Crippen LogP contribution in [0.4, 0.5) is 0 Å². The van der Waals surface area contributed by atoms with Crippen LogP contribution in [0.15, 0.2) is 55.2 Å². The summed E-state index contributed by atoms with van der Waals surface area (Å²) in [7, 11) is 0. The van der Waals surface area contributed by atoms with E-state index < -0.39 is 0 Å². The Labute approximate surface area is 300 Å². The standard InChI is InChI=1S/C19H20N6.C17H15ClN6.C2H6/c1-10-5-6-24-13(4)17(21-16(24)7-10)14-8-15(14)18-22-19-12(3)20-9-11(2)25(19)23-18;1-9-7-19-10(2)16-21-15(22-24(9)16)12-6-11(12)14-8-23-5-3-4-13(18)17(23)20-14;1-2/h5-7,9,14-15H,8H2,1-4H3;3-5,7-8,11-12H,6H2,1-2H3;1-2H3. The average molecular weight is 701 g/mol. The number of aryl methyl sites for hydroxylation is 6. The Balaban J connectivity index is 0.000000140. The van der Waals surface area contributed by atoms with Crippen LogP contribution in [0.3, 0.4) is 0 Å². The van der Waals surface area contributed by atoms with Gasteiger partial charge in [0.1, 0.15) is 5.65 Å². The van der Waals surface area contributed by atoms with Crippen LogP contribution in [0.2, 0.25) is 5.02 Å². The molecule has 2 aliphatic rings. The van der Waals surface area contributed by atoms with E-state index in [0.29, 0.717) is 28.7 Å². The van der Waals surface area contributed by atoms with Crippen molar-refractivity contribution in [1.29, 1.82) is 0 Å². The van der Waals surface area contributed by atoms with Gasteiger partial charge < -0.3 is 8.80 Å². The Morgan fingerprint density at radius 1 is 0.686 bits per heavy atom. The number of fused-ring (bicyclic) bond motifs is 4. The van der Waals surface area contributed by atoms with Crippen LogP contribution in [-0.4, -0.2) is 57.9 Å². The molecule has 260 valence electrons. The van der Waals surface area contributed by atoms with Gasteiger partial charge in [-0.05, 0) is 84.2 Å². The van der Waals surface area contributed by atoms with E-state index in [1.54, 1.807) is 0 Å². The van der Waals surface area contributed by atoms with Crippen LogP contribution in [0, 0.1) is 41.5 Å². The zero-order chi connectivity index (χ0) is 35.7. The molecule has 0 saturated heterocycles. The minimum atomic E-state index is 0.312. The van der Waals surface area contributed by atoms with E-state index in [-0.39, 0.29) is 0 Å². The number of aromatic nitrogens is 12. The summed E-state index contributed by atoms with van der Waals surface area (Å²) in [6, 6.07) is 8.04. The van der Waals surface area contributed by atoms with Crippen LogP contribution >= 0.6 is 11.6 Å². The molecule has 13 heteroatoms. The lowest BCUT2D eigenvalue weighted by Gasteiger charge is -1.98. The van der Waals surface area contributed by atoms with Crippen molar-refractivity contribution in [3.8, 4) is 0 Å². The highest BCUT2D eigenvalue weighted by Crippen LogP contribution is 2.54. The van der Waals surface area contributed by atoms with Crippen molar-refractivity contribution >= 4 is 34.2 Å². The molecule has 2 aliphatic carbocycles. The summed E-state index contributed by atoms with van der Waals surface area (Å²) in [5, 5.41) is 10.1. The molecular weight excluding hydrogens is 660 g/mol. The Hall–Kier alpha value is -5.23. The van der Waals surface area contributed by atoms with Gasteiger partial charge in [0.05, 0.1) is 39.2 Å². The van der Waals surface area contributed by atoms with Crippen LogP contribution in [0.25, 0.3) is 22.6 Å². The summed E-state index contributed by atoms with van der Waals surface area (Å²) >= 11 is 6.22. The molecule has 0 spiro atoms. The molecule has 2 fully saturated rings. The fourth-order valence-electron chi connectivity index (χ4n) is 6.94. The van der Waals surface area contributed by atoms with Crippen LogP contribution in [-0.2, 0) is 0 Å². The highest BCUT2D eigenvalue weighted by molar-refractivity contribution is 6.33. The van der Waals surface area contributed by atoms with Gasteiger partial charge in [0, 0.05) is 60.3 Å². The lowest BCUT2D eigenvalue weighted by Crippen LogP contribution is -1.97. The lowest BCUT2D eigenvalue weighted by atomic mass is 10.2. The molecule has 0 N–H and O–H groups in total. The fraction of sp³-hybridized carbons (Fsp3) is 0.368. The third-order valence-electron chi connectivity index (χ3n) is 9.94. The molecule has 0 radical (unpaired) electrons. The summed E-state index contributed by atoms with van der Waals surface area (Å²) in [5.74, 6) is 3.22. The summed E-state index contributed by atoms with van der Waals surface area (Å²) in [6.07, 6.45) is 11.9. The minimum absolute atomic E-state index is 0.312. The number of hydrogen-bond donors (Lipinski definition) is 0. The van der Waals surface area contributed by atoms with Gasteiger partial charge in [-0.3, -0.25) is 9.97 Å². The highest BCUT2D eigenvalue weighted by atomic mass is 35.5. The van der Waals surface area contributed by atoms with Gasteiger partial charge in [0.15, 0.2) is 28.6 Å². The topological polar surface area (TPSA) is 121 Å². The second-order valence-electron chi connectivity index (χ2n) is 13.5. The molecule has 12 nitrogen and oxygen atoms in total. The number of pyridine rings is 2. The number of nitrogens with zero attached hydrogens (tertiary/aromatic N) is 12. The van der Waals surface area contributed by atoms with Gasteiger partial charge in [-0.1, -0.05) is 25.4 Å². The molecule has 10 rings (SSSR count). The second kappa shape index (κ2) is 12.5. The van der Waals surface area contributed by atoms with Crippen molar-refractivity contribution in [1.82, 2.24) is 57.9 Å². The van der Waals surface area contributed by atoms with E-state index >= 15 is 0 Å². The van der Waals surface area contributed by atoms with E-state index in [9.17, 15) is 0 Å². The van der Waals surface area contributed by atoms with Gasteiger partial charge in [-0.15, -0.1) is 0 Å². The average Bonchev–Trinajstić information content (AvgIpc) is 3.84. The van der Waals surface area contributed by atoms with E-state index in [1.807, 2.05) is 85.7 Å². The quantitative estimate of drug-likeness (QED) is 0.184. The lowest BCUT2D eigenvalue weighted by molar-refractivity contribution is 0.827. The maximum Gasteiger partial charge on any atom is 0.177 e. The number of imidazole rings is 2. The second-order valence-corrected chi connectivity index (χ2v) is 14.0. The first-order chi connectivity index (χ1) is 24.6. The molecule has 8 aromatic rings. The van der Waals surface area contributed by atoms with Gasteiger partial charge in [-0.2, -0.15) is 10.2 Å². The van der Waals surface area contributed by atoms with E-state index in [2.05, 4.69) is 57.8 Å². The molecule has 2 saturated carbocycles. The fourth-order valence-corrected chi connectivity index (χ4v) is 7.15. The predicted octanol–water partition coefficient (Wildman–Crippen LogP) is 7.62. The normalized spacial score (nSPS) is 19.3. The molecule has 51 heavy (non-hydrogen) atoms. The van der Waals surface area contributed by atoms with E-state index in [1.165, 1.54) is 17.0 Å². The van der Waals surface area contributed by atoms with Crippen molar-refractivity contribution in [3.63, 3.8) is 0 Å². The Kier molecular flexibility index (Phi) is 8.09. The van der Waals surface area contributed by atoms with E-state index in [0.717, 1.165) is 75.5 Å². The molecule has 0 bridgehead atoms. The highest BCUT2D eigenvalue weighted by Gasteiger charge is 2.46. The zero-order valence-electron chi connectivity index (χ0n) is 30.2. The van der Waals surface area contributed by atoms with Gasteiger partial charge in [0.2, 0.25) is 0 Å². The number of rotatable bonds is 4. The van der Waals surface area contributed by atoms with Crippen LogP contribution in [0.5, 0.6) is 0 Å². The molecule has 8 heterocycles. The predicted molar refractivity (Wildman–Crippen MR) is 197 cm³/mol. The largest absolute Gasteiger partial charge is 0.306 e. The first kappa shape index (κ1) is 32.9. The molecular formula is C38H41ClN12. The maximum atomic E-state index is 6.22. The monoisotopic (exact) mass is 700 g/mol. The number of hydrogen-bond acceptors (Lipinski definition) is 8. The molecule has 4 unspecified atom stereocenters. The van der Waals surface area contributed by atoms with E-state index in [4.69, 9.17) is 36.6 Å². The Morgan fingerprint density at radius 3 is 1.90 bits per heavy atom. The molecule has 8 aromatic heterocycles. The van der Waals surface area contributed by atoms with Gasteiger partial charge in [-0.25, -0.2) is 29.0 Å². The van der Waals surface area contributed by atoms with Crippen molar-refractivity contribution < 1.29 is 0 Å². The van der Waals surface area contributed by atoms with Crippen LogP contribution in [0.1, 0.15) is 107 Å². The summed E-state index contributed by atoms with van der Waals surface area (Å²) in [5.41, 5.74) is 12.0. The Morgan fingerprint density at radius 2 is 1.29 bits per heavy atom. The van der Waals surface area contributed by atoms with Crippen LogP contribution < -0.4 is 0 Å². The van der Waals surface area contributed by atoms with Gasteiger partial charge >= 0.3 is 0 Å². The molecule has 0 aliphatic heterocycles. The van der Waals surface area contributed by atoms with Crippen molar-refractivity contribution in [3.05, 3.63) is 117 Å². The smallest absolute Gasteiger partial charge is 0.177 e. The zero-order valence-corrected chi connectivity index (χ0v) is 30.9. The SMILES string of the molecule is CC.Cc1ccn2c(C)c(C3CC3c3nc4c(C)ncc(C)n4n3)nc2c1.Cc1ncc(C)n2nc(C3CC3c3cn4cccc(Cl)c4n3)nc12. The van der Waals surface area contributed by atoms with Crippen molar-refractivity contribution in [2.24, 2.45) is 0 Å². The minimum Gasteiger partial charge on any atom is -0.306 e. The van der Waals surface area contributed by atoms with Crippen molar-refractivity contribution in [2.75, 3.05) is 0 Å².